The van der Waals surface area contributed by atoms with Crippen molar-refractivity contribution in [2.75, 3.05) is 0 Å². The molecule has 0 nitrogen and oxygen atoms in total. The molecule has 18 heavy (non-hydrogen) atoms. The summed E-state index contributed by atoms with van der Waals surface area (Å²) in [4.78, 5) is 0. The maximum atomic E-state index is 6.23. The van der Waals surface area contributed by atoms with E-state index in [1.165, 1.54) is 0 Å². The Morgan fingerprint density at radius 2 is 1.50 bits per heavy atom. The molecule has 4 heteroatoms. The molecule has 94 valence electrons. The summed E-state index contributed by atoms with van der Waals surface area (Å²) in [6.07, 6.45) is 0.616. The first-order valence-corrected chi connectivity index (χ1v) is 6.88. The molecule has 0 heterocycles. The highest BCUT2D eigenvalue weighted by atomic mass is 35.5. The topological polar surface area (TPSA) is 0 Å². The van der Waals surface area contributed by atoms with Crippen molar-refractivity contribution in [2.24, 2.45) is 0 Å². The van der Waals surface area contributed by atoms with E-state index in [0.29, 0.717) is 26.5 Å². The molecule has 2 aromatic rings. The second-order valence-electron chi connectivity index (χ2n) is 4.05. The minimum atomic E-state index is 0.546. The van der Waals surface area contributed by atoms with Gasteiger partial charge in [-0.3, -0.25) is 0 Å². The third-order valence-electron chi connectivity index (χ3n) is 2.83. The molecular formula is C14H10Cl4. The van der Waals surface area contributed by atoms with Crippen LogP contribution in [0.1, 0.15) is 16.7 Å². The van der Waals surface area contributed by atoms with E-state index >= 15 is 0 Å². The van der Waals surface area contributed by atoms with E-state index in [1.54, 1.807) is 12.1 Å². The van der Waals surface area contributed by atoms with E-state index < -0.39 is 0 Å². The lowest BCUT2D eigenvalue weighted by molar-refractivity contribution is 1.16. The van der Waals surface area contributed by atoms with Crippen LogP contribution in [0.4, 0.5) is 0 Å². The van der Waals surface area contributed by atoms with E-state index in [-0.39, 0.29) is 0 Å². The smallest absolute Gasteiger partial charge is 0.0630 e. The number of aryl methyl sites for hydroxylation is 1. The molecular weight excluding hydrogens is 310 g/mol. The third-order valence-corrected chi connectivity index (χ3v) is 4.53. The van der Waals surface area contributed by atoms with Crippen LogP contribution in [-0.4, -0.2) is 0 Å². The number of hydrogen-bond acceptors (Lipinski definition) is 0. The lowest BCUT2D eigenvalue weighted by atomic mass is 10.0. The van der Waals surface area contributed by atoms with Gasteiger partial charge in [0.05, 0.1) is 20.1 Å². The zero-order chi connectivity index (χ0) is 13.3. The first kappa shape index (κ1) is 14.0. The van der Waals surface area contributed by atoms with Crippen molar-refractivity contribution in [2.45, 2.75) is 13.3 Å². The average Bonchev–Trinajstić information content (AvgIpc) is 2.35. The van der Waals surface area contributed by atoms with Crippen LogP contribution in [0.15, 0.2) is 30.3 Å². The van der Waals surface area contributed by atoms with Crippen LogP contribution >= 0.6 is 46.4 Å². The van der Waals surface area contributed by atoms with Gasteiger partial charge in [-0.1, -0.05) is 64.6 Å². The van der Waals surface area contributed by atoms with Crippen LogP contribution in [0.2, 0.25) is 20.1 Å². The van der Waals surface area contributed by atoms with Crippen LogP contribution < -0.4 is 0 Å². The quantitative estimate of drug-likeness (QED) is 0.618. The molecule has 0 unspecified atom stereocenters. The third kappa shape index (κ3) is 2.78. The second kappa shape index (κ2) is 5.71. The summed E-state index contributed by atoms with van der Waals surface area (Å²) < 4.78 is 0. The summed E-state index contributed by atoms with van der Waals surface area (Å²) in [6, 6.07) is 9.31. The lowest BCUT2D eigenvalue weighted by Crippen LogP contribution is -1.95. The van der Waals surface area contributed by atoms with Crippen molar-refractivity contribution in [1.29, 1.82) is 0 Å². The Balaban J connectivity index is 2.46. The van der Waals surface area contributed by atoms with Gasteiger partial charge in [-0.25, -0.2) is 0 Å². The molecule has 0 aliphatic carbocycles. The molecule has 0 atom stereocenters. The minimum Gasteiger partial charge on any atom is -0.0827 e. The Kier molecular flexibility index (Phi) is 4.45. The zero-order valence-corrected chi connectivity index (χ0v) is 12.6. The molecule has 0 N–H and O–H groups in total. The van der Waals surface area contributed by atoms with Gasteiger partial charge in [0.1, 0.15) is 0 Å². The molecule has 2 aromatic carbocycles. The Bertz CT molecular complexity index is 591. The van der Waals surface area contributed by atoms with Gasteiger partial charge in [-0.05, 0) is 35.7 Å². The number of rotatable bonds is 2. The van der Waals surface area contributed by atoms with E-state index in [2.05, 4.69) is 0 Å². The molecule has 2 rings (SSSR count). The molecule has 0 radical (unpaired) electrons. The number of hydrogen-bond donors (Lipinski definition) is 0. The van der Waals surface area contributed by atoms with Gasteiger partial charge in [0.15, 0.2) is 0 Å². The molecule has 0 aliphatic heterocycles. The number of halogens is 4. The van der Waals surface area contributed by atoms with Crippen molar-refractivity contribution in [3.8, 4) is 0 Å². The van der Waals surface area contributed by atoms with E-state index in [9.17, 15) is 0 Å². The Hall–Kier alpha value is -0.400. The fourth-order valence-corrected chi connectivity index (χ4v) is 2.62. The standard InChI is InChI=1S/C14H10Cl4/c1-8-5-6-12(16)14(18)10(8)7-9-3-2-4-11(15)13(9)17/h2-6H,7H2,1H3. The van der Waals surface area contributed by atoms with Crippen molar-refractivity contribution in [1.82, 2.24) is 0 Å². The van der Waals surface area contributed by atoms with Gasteiger partial charge in [0.2, 0.25) is 0 Å². The summed E-state index contributed by atoms with van der Waals surface area (Å²) in [5, 5.41) is 2.24. The van der Waals surface area contributed by atoms with Crippen molar-refractivity contribution in [3.63, 3.8) is 0 Å². The largest absolute Gasteiger partial charge is 0.0827 e. The molecule has 0 fully saturated rings. The van der Waals surface area contributed by atoms with E-state index in [4.69, 9.17) is 46.4 Å². The van der Waals surface area contributed by atoms with Crippen LogP contribution in [0.25, 0.3) is 0 Å². The fraction of sp³-hybridized carbons (Fsp3) is 0.143. The molecule has 0 amide bonds. The molecule has 0 aromatic heterocycles. The molecule has 0 saturated carbocycles. The van der Waals surface area contributed by atoms with E-state index in [0.717, 1.165) is 16.7 Å². The fourth-order valence-electron chi connectivity index (χ4n) is 1.78. The summed E-state index contributed by atoms with van der Waals surface area (Å²) >= 11 is 24.4. The van der Waals surface area contributed by atoms with Crippen LogP contribution in [0.5, 0.6) is 0 Å². The zero-order valence-electron chi connectivity index (χ0n) is 9.61. The van der Waals surface area contributed by atoms with E-state index in [1.807, 2.05) is 25.1 Å². The SMILES string of the molecule is Cc1ccc(Cl)c(Cl)c1Cc1cccc(Cl)c1Cl. The Morgan fingerprint density at radius 1 is 0.833 bits per heavy atom. The molecule has 0 spiro atoms. The normalized spacial score (nSPS) is 10.7. The van der Waals surface area contributed by atoms with Gasteiger partial charge in [0, 0.05) is 6.42 Å². The van der Waals surface area contributed by atoms with Gasteiger partial charge in [0.25, 0.3) is 0 Å². The molecule has 0 aliphatic rings. The van der Waals surface area contributed by atoms with Gasteiger partial charge in [-0.15, -0.1) is 0 Å². The van der Waals surface area contributed by atoms with Crippen LogP contribution in [-0.2, 0) is 6.42 Å². The summed E-state index contributed by atoms with van der Waals surface area (Å²) in [7, 11) is 0. The Morgan fingerprint density at radius 3 is 2.22 bits per heavy atom. The maximum Gasteiger partial charge on any atom is 0.0630 e. The van der Waals surface area contributed by atoms with Crippen LogP contribution in [0, 0.1) is 6.92 Å². The first-order valence-electron chi connectivity index (χ1n) is 5.37. The van der Waals surface area contributed by atoms with Gasteiger partial charge >= 0.3 is 0 Å². The summed E-state index contributed by atoms with van der Waals surface area (Å²) in [5.41, 5.74) is 3.00. The minimum absolute atomic E-state index is 0.546. The second-order valence-corrected chi connectivity index (χ2v) is 5.62. The molecule has 0 bridgehead atoms. The summed E-state index contributed by atoms with van der Waals surface area (Å²) in [6.45, 7) is 2.00. The number of benzene rings is 2. The van der Waals surface area contributed by atoms with Crippen molar-refractivity contribution >= 4 is 46.4 Å². The predicted octanol–water partition coefficient (Wildman–Crippen LogP) is 6.20. The van der Waals surface area contributed by atoms with Crippen LogP contribution in [0.3, 0.4) is 0 Å². The first-order chi connectivity index (χ1) is 8.50. The lowest BCUT2D eigenvalue weighted by Gasteiger charge is -2.11. The van der Waals surface area contributed by atoms with Crippen molar-refractivity contribution < 1.29 is 0 Å². The highest BCUT2D eigenvalue weighted by Gasteiger charge is 2.12. The average molecular weight is 320 g/mol. The highest BCUT2D eigenvalue weighted by Crippen LogP contribution is 2.33. The highest BCUT2D eigenvalue weighted by molar-refractivity contribution is 6.43. The monoisotopic (exact) mass is 318 g/mol. The maximum absolute atomic E-state index is 6.23. The predicted molar refractivity (Wildman–Crippen MR) is 80.5 cm³/mol. The Labute approximate surface area is 126 Å². The summed E-state index contributed by atoms with van der Waals surface area (Å²) in [5.74, 6) is 0. The molecule has 0 saturated heterocycles. The van der Waals surface area contributed by atoms with Crippen molar-refractivity contribution in [3.05, 3.63) is 67.1 Å². The van der Waals surface area contributed by atoms with Gasteiger partial charge in [-0.2, -0.15) is 0 Å². The van der Waals surface area contributed by atoms with Gasteiger partial charge < -0.3 is 0 Å².